The van der Waals surface area contributed by atoms with Gasteiger partial charge in [0.15, 0.2) is 10.6 Å². The minimum atomic E-state index is -0.423. The van der Waals surface area contributed by atoms with Crippen molar-refractivity contribution in [2.45, 2.75) is 6.54 Å². The van der Waals surface area contributed by atoms with E-state index in [1.807, 2.05) is 64.5 Å². The van der Waals surface area contributed by atoms with E-state index in [0.717, 1.165) is 22.2 Å². The zero-order valence-corrected chi connectivity index (χ0v) is 18.2. The van der Waals surface area contributed by atoms with Gasteiger partial charge >= 0.3 is 0 Å². The summed E-state index contributed by atoms with van der Waals surface area (Å²) in [4.78, 5) is 16.3. The SMILES string of the molecule is O=[N+]([O-])c1ccccc1N=c1scc(-c2cc3ccccc3o2)n1Cc1cccc(Cl)c1. The van der Waals surface area contributed by atoms with Crippen LogP contribution in [0.25, 0.3) is 22.4 Å². The number of halogens is 1. The number of thiazole rings is 1. The van der Waals surface area contributed by atoms with E-state index in [-0.39, 0.29) is 5.69 Å². The highest BCUT2D eigenvalue weighted by Crippen LogP contribution is 2.30. The summed E-state index contributed by atoms with van der Waals surface area (Å²) in [5, 5.41) is 15.1. The Morgan fingerprint density at radius 2 is 1.84 bits per heavy atom. The van der Waals surface area contributed by atoms with E-state index >= 15 is 0 Å². The monoisotopic (exact) mass is 461 g/mol. The number of nitro benzene ring substituents is 1. The molecule has 0 atom stereocenters. The van der Waals surface area contributed by atoms with Crippen molar-refractivity contribution in [2.75, 3.05) is 0 Å². The molecular formula is C24H16ClN3O3S. The summed E-state index contributed by atoms with van der Waals surface area (Å²) in [6, 6.07) is 23.8. The van der Waals surface area contributed by atoms with Crippen LogP contribution in [0.5, 0.6) is 0 Å². The summed E-state index contributed by atoms with van der Waals surface area (Å²) in [6.07, 6.45) is 0. The van der Waals surface area contributed by atoms with Gasteiger partial charge in [-0.1, -0.05) is 54.1 Å². The van der Waals surface area contributed by atoms with Crippen LogP contribution in [0, 0.1) is 10.1 Å². The lowest BCUT2D eigenvalue weighted by molar-refractivity contribution is -0.384. The molecule has 3 aromatic carbocycles. The minimum absolute atomic E-state index is 0.0412. The molecule has 0 unspecified atom stereocenters. The average Bonchev–Trinajstić information content (AvgIpc) is 3.38. The number of benzene rings is 3. The van der Waals surface area contributed by atoms with Crippen LogP contribution in [0.3, 0.4) is 0 Å². The Balaban J connectivity index is 1.70. The van der Waals surface area contributed by atoms with Gasteiger partial charge in [-0.2, -0.15) is 0 Å². The molecule has 2 heterocycles. The molecule has 8 heteroatoms. The molecule has 0 saturated heterocycles. The summed E-state index contributed by atoms with van der Waals surface area (Å²) in [6.45, 7) is 0.482. The zero-order chi connectivity index (χ0) is 22.1. The smallest absolute Gasteiger partial charge is 0.294 e. The summed E-state index contributed by atoms with van der Waals surface area (Å²) < 4.78 is 8.08. The van der Waals surface area contributed by atoms with Gasteiger partial charge in [0.1, 0.15) is 11.3 Å². The standard InChI is InChI=1S/C24H16ClN3O3S/c25-18-8-5-6-16(12-18)14-27-21(23-13-17-7-1-4-11-22(17)31-23)15-32-24(27)26-19-9-2-3-10-20(19)28(29)30/h1-13,15H,14H2. The van der Waals surface area contributed by atoms with Crippen molar-refractivity contribution in [1.82, 2.24) is 4.57 Å². The van der Waals surface area contributed by atoms with Crippen LogP contribution in [0.15, 0.2) is 93.7 Å². The Hall–Kier alpha value is -3.68. The van der Waals surface area contributed by atoms with E-state index in [2.05, 4.69) is 4.99 Å². The fourth-order valence-electron chi connectivity index (χ4n) is 3.51. The molecule has 32 heavy (non-hydrogen) atoms. The first-order valence-electron chi connectivity index (χ1n) is 9.78. The molecule has 0 bridgehead atoms. The van der Waals surface area contributed by atoms with Gasteiger partial charge in [-0.3, -0.25) is 10.1 Å². The molecule has 0 N–H and O–H groups in total. The Labute approximate surface area is 191 Å². The summed E-state index contributed by atoms with van der Waals surface area (Å²) in [5.41, 5.74) is 2.87. The molecule has 0 aliphatic rings. The first kappa shape index (κ1) is 20.2. The van der Waals surface area contributed by atoms with Gasteiger partial charge in [-0.15, -0.1) is 11.3 Å². The summed E-state index contributed by atoms with van der Waals surface area (Å²) >= 11 is 7.60. The molecule has 2 aromatic heterocycles. The van der Waals surface area contributed by atoms with Gasteiger partial charge in [0.2, 0.25) is 0 Å². The zero-order valence-electron chi connectivity index (χ0n) is 16.6. The van der Waals surface area contributed by atoms with E-state index < -0.39 is 4.92 Å². The third kappa shape index (κ3) is 3.95. The van der Waals surface area contributed by atoms with Gasteiger partial charge in [0.25, 0.3) is 5.69 Å². The molecule has 0 fully saturated rings. The van der Waals surface area contributed by atoms with Gasteiger partial charge in [0, 0.05) is 21.9 Å². The number of furan rings is 1. The lowest BCUT2D eigenvalue weighted by Gasteiger charge is -2.08. The molecule has 0 spiro atoms. The molecule has 5 rings (SSSR count). The van der Waals surface area contributed by atoms with Gasteiger partial charge in [0.05, 0.1) is 17.2 Å². The lowest BCUT2D eigenvalue weighted by Crippen LogP contribution is -2.16. The third-order valence-electron chi connectivity index (χ3n) is 5.00. The second kappa shape index (κ2) is 8.45. The van der Waals surface area contributed by atoms with Crippen molar-refractivity contribution >= 4 is 45.3 Å². The largest absolute Gasteiger partial charge is 0.454 e. The van der Waals surface area contributed by atoms with E-state index in [0.29, 0.717) is 27.8 Å². The van der Waals surface area contributed by atoms with Crippen LogP contribution < -0.4 is 4.80 Å². The number of fused-ring (bicyclic) bond motifs is 1. The number of aromatic nitrogens is 1. The molecule has 0 amide bonds. The quantitative estimate of drug-likeness (QED) is 0.213. The minimum Gasteiger partial charge on any atom is -0.454 e. The normalized spacial score (nSPS) is 11.8. The molecule has 0 saturated carbocycles. The molecular weight excluding hydrogens is 446 g/mol. The van der Waals surface area contributed by atoms with Crippen molar-refractivity contribution in [3.8, 4) is 11.5 Å². The van der Waals surface area contributed by atoms with Crippen LogP contribution in [0.2, 0.25) is 5.02 Å². The lowest BCUT2D eigenvalue weighted by atomic mass is 10.2. The Morgan fingerprint density at radius 1 is 1.03 bits per heavy atom. The Kier molecular flexibility index (Phi) is 5.34. The van der Waals surface area contributed by atoms with Crippen LogP contribution in [0.1, 0.15) is 5.56 Å². The average molecular weight is 462 g/mol. The highest BCUT2D eigenvalue weighted by molar-refractivity contribution is 7.07. The fourth-order valence-corrected chi connectivity index (χ4v) is 4.63. The molecule has 6 nitrogen and oxygen atoms in total. The first-order chi connectivity index (χ1) is 15.6. The third-order valence-corrected chi connectivity index (χ3v) is 6.10. The van der Waals surface area contributed by atoms with Crippen LogP contribution in [0.4, 0.5) is 11.4 Å². The van der Waals surface area contributed by atoms with E-state index in [9.17, 15) is 10.1 Å². The maximum Gasteiger partial charge on any atom is 0.294 e. The maximum absolute atomic E-state index is 11.5. The second-order valence-electron chi connectivity index (χ2n) is 7.13. The van der Waals surface area contributed by atoms with Gasteiger partial charge in [-0.05, 0) is 35.9 Å². The Bertz CT molecular complexity index is 1480. The summed E-state index contributed by atoms with van der Waals surface area (Å²) in [5.74, 6) is 0.702. The van der Waals surface area contributed by atoms with E-state index in [1.54, 1.807) is 18.2 Å². The maximum atomic E-state index is 11.5. The number of para-hydroxylation sites is 3. The highest BCUT2D eigenvalue weighted by atomic mass is 35.5. The molecule has 158 valence electrons. The van der Waals surface area contributed by atoms with Crippen molar-refractivity contribution in [1.29, 1.82) is 0 Å². The molecule has 0 aliphatic heterocycles. The van der Waals surface area contributed by atoms with E-state index in [1.165, 1.54) is 17.4 Å². The van der Waals surface area contributed by atoms with Crippen molar-refractivity contribution < 1.29 is 9.34 Å². The topological polar surface area (TPSA) is 73.6 Å². The second-order valence-corrected chi connectivity index (χ2v) is 8.40. The van der Waals surface area contributed by atoms with Crippen LogP contribution in [-0.2, 0) is 6.54 Å². The van der Waals surface area contributed by atoms with Crippen molar-refractivity contribution in [2.24, 2.45) is 4.99 Å². The van der Waals surface area contributed by atoms with Crippen molar-refractivity contribution in [3.63, 3.8) is 0 Å². The van der Waals surface area contributed by atoms with E-state index in [4.69, 9.17) is 16.0 Å². The van der Waals surface area contributed by atoms with Crippen molar-refractivity contribution in [3.05, 3.63) is 110 Å². The Morgan fingerprint density at radius 3 is 2.66 bits per heavy atom. The van der Waals surface area contributed by atoms with Gasteiger partial charge in [-0.25, -0.2) is 4.99 Å². The molecule has 0 aliphatic carbocycles. The summed E-state index contributed by atoms with van der Waals surface area (Å²) in [7, 11) is 0. The number of rotatable bonds is 5. The van der Waals surface area contributed by atoms with Crippen LogP contribution in [-0.4, -0.2) is 9.49 Å². The number of hydrogen-bond donors (Lipinski definition) is 0. The highest BCUT2D eigenvalue weighted by Gasteiger charge is 2.16. The molecule has 0 radical (unpaired) electrons. The molecule has 5 aromatic rings. The predicted molar refractivity (Wildman–Crippen MR) is 126 cm³/mol. The van der Waals surface area contributed by atoms with Gasteiger partial charge < -0.3 is 8.98 Å². The fraction of sp³-hybridized carbons (Fsp3) is 0.0417. The first-order valence-corrected chi connectivity index (χ1v) is 11.0. The number of nitrogens with zero attached hydrogens (tertiary/aromatic N) is 3. The number of nitro groups is 1. The van der Waals surface area contributed by atoms with Crippen LogP contribution >= 0.6 is 22.9 Å². The predicted octanol–water partition coefficient (Wildman–Crippen LogP) is 6.81. The number of hydrogen-bond acceptors (Lipinski definition) is 5.